The van der Waals surface area contributed by atoms with E-state index in [1.54, 1.807) is 18.7 Å². The van der Waals surface area contributed by atoms with E-state index < -0.39 is 4.92 Å². The summed E-state index contributed by atoms with van der Waals surface area (Å²) in [5.74, 6) is -0.0162. The number of nitrogens with two attached hydrogens (primary N) is 1. The molecular formula is C18H25N5O3. The van der Waals surface area contributed by atoms with Crippen LogP contribution in [0.15, 0.2) is 30.3 Å². The first kappa shape index (κ1) is 19.6. The zero-order valence-corrected chi connectivity index (χ0v) is 15.2. The normalized spacial score (nSPS) is 10.7. The minimum absolute atomic E-state index is 0.0155. The average Bonchev–Trinajstić information content (AvgIpc) is 2.91. The zero-order valence-electron chi connectivity index (χ0n) is 15.2. The van der Waals surface area contributed by atoms with Crippen LogP contribution in [-0.4, -0.2) is 38.6 Å². The van der Waals surface area contributed by atoms with E-state index in [4.69, 9.17) is 5.73 Å². The van der Waals surface area contributed by atoms with Gasteiger partial charge in [-0.3, -0.25) is 19.6 Å². The van der Waals surface area contributed by atoms with Gasteiger partial charge in [0.1, 0.15) is 11.4 Å². The molecule has 140 valence electrons. The first-order valence-corrected chi connectivity index (χ1v) is 8.64. The molecule has 0 aliphatic heterocycles. The smallest absolute Gasteiger partial charge is 0.312 e. The summed E-state index contributed by atoms with van der Waals surface area (Å²) >= 11 is 0. The number of benzene rings is 1. The van der Waals surface area contributed by atoms with Crippen LogP contribution in [0.1, 0.15) is 29.8 Å². The average molecular weight is 359 g/mol. The fourth-order valence-electron chi connectivity index (χ4n) is 2.91. The van der Waals surface area contributed by atoms with Crippen molar-refractivity contribution in [2.45, 2.75) is 39.8 Å². The van der Waals surface area contributed by atoms with Crippen molar-refractivity contribution < 1.29 is 9.72 Å². The van der Waals surface area contributed by atoms with E-state index in [2.05, 4.69) is 5.10 Å². The molecule has 0 fully saturated rings. The molecule has 0 spiro atoms. The highest BCUT2D eigenvalue weighted by atomic mass is 16.6. The van der Waals surface area contributed by atoms with Crippen molar-refractivity contribution >= 4 is 11.6 Å². The van der Waals surface area contributed by atoms with Gasteiger partial charge in [-0.1, -0.05) is 30.3 Å². The molecule has 0 aliphatic carbocycles. The van der Waals surface area contributed by atoms with Crippen LogP contribution in [0.2, 0.25) is 0 Å². The standard InChI is InChI=1S/C18H25N5O3/c1-14-18(23(25)26)15(2)22(20-14)12-9-17(24)21(11-6-10-19)13-16-7-4-3-5-8-16/h3-5,7-8H,6,9-13,19H2,1-2H3. The molecule has 0 unspecified atom stereocenters. The minimum atomic E-state index is -0.432. The Bertz CT molecular complexity index is 758. The van der Waals surface area contributed by atoms with Crippen LogP contribution in [-0.2, 0) is 17.9 Å². The van der Waals surface area contributed by atoms with E-state index in [1.807, 2.05) is 30.3 Å². The Morgan fingerprint density at radius 2 is 2.00 bits per heavy atom. The molecule has 0 radical (unpaired) electrons. The van der Waals surface area contributed by atoms with Crippen molar-refractivity contribution in [1.82, 2.24) is 14.7 Å². The number of aryl methyl sites for hydroxylation is 2. The molecule has 1 aromatic heterocycles. The Morgan fingerprint density at radius 1 is 1.31 bits per heavy atom. The molecule has 2 rings (SSSR count). The summed E-state index contributed by atoms with van der Waals surface area (Å²) in [6.07, 6.45) is 0.959. The Kier molecular flexibility index (Phi) is 6.85. The lowest BCUT2D eigenvalue weighted by Crippen LogP contribution is -2.33. The third-order valence-corrected chi connectivity index (χ3v) is 4.26. The Balaban J connectivity index is 2.05. The molecule has 0 atom stereocenters. The highest BCUT2D eigenvalue weighted by molar-refractivity contribution is 5.76. The molecule has 0 saturated carbocycles. The summed E-state index contributed by atoms with van der Waals surface area (Å²) in [4.78, 5) is 25.1. The van der Waals surface area contributed by atoms with Gasteiger partial charge < -0.3 is 10.6 Å². The molecule has 8 heteroatoms. The van der Waals surface area contributed by atoms with Crippen LogP contribution in [0.5, 0.6) is 0 Å². The van der Waals surface area contributed by atoms with E-state index in [0.29, 0.717) is 37.6 Å². The predicted molar refractivity (Wildman–Crippen MR) is 98.5 cm³/mol. The van der Waals surface area contributed by atoms with Crippen LogP contribution in [0, 0.1) is 24.0 Å². The zero-order chi connectivity index (χ0) is 19.1. The number of rotatable bonds is 9. The maximum atomic E-state index is 12.7. The topological polar surface area (TPSA) is 107 Å². The van der Waals surface area contributed by atoms with Crippen molar-refractivity contribution in [3.05, 3.63) is 57.4 Å². The summed E-state index contributed by atoms with van der Waals surface area (Å²) < 4.78 is 1.54. The van der Waals surface area contributed by atoms with Crippen molar-refractivity contribution in [3.8, 4) is 0 Å². The van der Waals surface area contributed by atoms with Crippen molar-refractivity contribution in [2.75, 3.05) is 13.1 Å². The molecule has 2 N–H and O–H groups in total. The van der Waals surface area contributed by atoms with Crippen LogP contribution in [0.3, 0.4) is 0 Å². The molecule has 1 aromatic carbocycles. The van der Waals surface area contributed by atoms with Crippen molar-refractivity contribution in [3.63, 3.8) is 0 Å². The fourth-order valence-corrected chi connectivity index (χ4v) is 2.91. The lowest BCUT2D eigenvalue weighted by atomic mass is 10.2. The van der Waals surface area contributed by atoms with E-state index >= 15 is 0 Å². The van der Waals surface area contributed by atoms with E-state index in [1.165, 1.54) is 4.68 Å². The van der Waals surface area contributed by atoms with Crippen LogP contribution in [0.25, 0.3) is 0 Å². The summed E-state index contributed by atoms with van der Waals surface area (Å²) in [6.45, 7) is 5.19. The second kappa shape index (κ2) is 9.10. The van der Waals surface area contributed by atoms with E-state index in [-0.39, 0.29) is 18.0 Å². The first-order chi connectivity index (χ1) is 12.4. The fraction of sp³-hybridized carbons (Fsp3) is 0.444. The third-order valence-electron chi connectivity index (χ3n) is 4.26. The highest BCUT2D eigenvalue weighted by Crippen LogP contribution is 2.22. The molecule has 8 nitrogen and oxygen atoms in total. The van der Waals surface area contributed by atoms with Crippen molar-refractivity contribution in [1.29, 1.82) is 0 Å². The molecular weight excluding hydrogens is 334 g/mol. The summed E-state index contributed by atoms with van der Waals surface area (Å²) in [6, 6.07) is 9.78. The van der Waals surface area contributed by atoms with Crippen molar-refractivity contribution in [2.24, 2.45) is 5.73 Å². The summed E-state index contributed by atoms with van der Waals surface area (Å²) in [5.41, 5.74) is 7.49. The van der Waals surface area contributed by atoms with Gasteiger partial charge in [-0.25, -0.2) is 0 Å². The summed E-state index contributed by atoms with van der Waals surface area (Å²) in [7, 11) is 0. The molecule has 0 bridgehead atoms. The van der Waals surface area contributed by atoms with Gasteiger partial charge in [0.25, 0.3) is 0 Å². The second-order valence-corrected chi connectivity index (χ2v) is 6.19. The minimum Gasteiger partial charge on any atom is -0.338 e. The van der Waals surface area contributed by atoms with Gasteiger partial charge >= 0.3 is 5.69 Å². The Hall–Kier alpha value is -2.74. The maximum Gasteiger partial charge on any atom is 0.312 e. The number of nitro groups is 1. The number of hydrogen-bond donors (Lipinski definition) is 1. The lowest BCUT2D eigenvalue weighted by molar-refractivity contribution is -0.386. The Morgan fingerprint density at radius 3 is 2.58 bits per heavy atom. The van der Waals surface area contributed by atoms with Gasteiger partial charge in [-0.15, -0.1) is 0 Å². The largest absolute Gasteiger partial charge is 0.338 e. The van der Waals surface area contributed by atoms with Gasteiger partial charge in [0.2, 0.25) is 5.91 Å². The SMILES string of the molecule is Cc1nn(CCC(=O)N(CCCN)Cc2ccccc2)c(C)c1[N+](=O)[O-]. The monoisotopic (exact) mass is 359 g/mol. The number of amides is 1. The number of aromatic nitrogens is 2. The van der Waals surface area contributed by atoms with Crippen LogP contribution >= 0.6 is 0 Å². The van der Waals surface area contributed by atoms with Gasteiger partial charge in [-0.05, 0) is 32.4 Å². The van der Waals surface area contributed by atoms with Gasteiger partial charge in [-0.2, -0.15) is 5.10 Å². The predicted octanol–water partition coefficient (Wildman–Crippen LogP) is 2.18. The second-order valence-electron chi connectivity index (χ2n) is 6.19. The first-order valence-electron chi connectivity index (χ1n) is 8.64. The quantitative estimate of drug-likeness (QED) is 0.545. The molecule has 2 aromatic rings. The number of hydrogen-bond acceptors (Lipinski definition) is 5. The van der Waals surface area contributed by atoms with Crippen LogP contribution in [0.4, 0.5) is 5.69 Å². The van der Waals surface area contributed by atoms with E-state index in [9.17, 15) is 14.9 Å². The van der Waals surface area contributed by atoms with Gasteiger partial charge in [0.05, 0.1) is 11.5 Å². The molecule has 0 aliphatic rings. The number of nitrogens with zero attached hydrogens (tertiary/aromatic N) is 4. The maximum absolute atomic E-state index is 12.7. The third kappa shape index (κ3) is 4.89. The molecule has 26 heavy (non-hydrogen) atoms. The molecule has 1 amide bonds. The molecule has 0 saturated heterocycles. The van der Waals surface area contributed by atoms with Gasteiger partial charge in [0, 0.05) is 19.5 Å². The van der Waals surface area contributed by atoms with Crippen LogP contribution < -0.4 is 5.73 Å². The van der Waals surface area contributed by atoms with E-state index in [0.717, 1.165) is 12.0 Å². The summed E-state index contributed by atoms with van der Waals surface area (Å²) in [5, 5.41) is 15.3. The number of carbonyl (C=O) groups is 1. The number of carbonyl (C=O) groups excluding carboxylic acids is 1. The lowest BCUT2D eigenvalue weighted by Gasteiger charge is -2.23. The molecule has 1 heterocycles. The Labute approximate surface area is 152 Å². The highest BCUT2D eigenvalue weighted by Gasteiger charge is 2.22. The van der Waals surface area contributed by atoms with Gasteiger partial charge in [0.15, 0.2) is 0 Å².